The molecule has 222 valence electrons. The van der Waals surface area contributed by atoms with Gasteiger partial charge in [-0.05, 0) is 0 Å². The normalized spacial score (nSPS) is 24.6. The Morgan fingerprint density at radius 1 is 1.00 bits per heavy atom. The second-order valence-corrected chi connectivity index (χ2v) is 9.78. The van der Waals surface area contributed by atoms with Crippen molar-refractivity contribution < 1.29 is 83.4 Å². The second-order valence-electron chi connectivity index (χ2n) is 7.17. The van der Waals surface area contributed by atoms with Crippen molar-refractivity contribution in [3.05, 3.63) is 33.1 Å². The third-order valence-corrected chi connectivity index (χ3v) is 5.98. The highest BCUT2D eigenvalue weighted by molar-refractivity contribution is 7.60. The molecular weight excluding hydrogens is 574 g/mol. The minimum Gasteiger partial charge on any atom is -0.394 e. The highest BCUT2D eigenvalue weighted by atomic mass is 31.3. The van der Waals surface area contributed by atoms with Crippen LogP contribution in [0.5, 0.6) is 0 Å². The minimum atomic E-state index is -5.05. The van der Waals surface area contributed by atoms with Gasteiger partial charge >= 0.3 is 21.3 Å². The monoisotopic (exact) mass is 602 g/mol. The van der Waals surface area contributed by atoms with Crippen molar-refractivity contribution in [2.75, 3.05) is 13.2 Å². The molecule has 38 heavy (non-hydrogen) atoms. The van der Waals surface area contributed by atoms with Crippen LogP contribution in [0.15, 0.2) is 21.9 Å². The van der Waals surface area contributed by atoms with E-state index in [0.29, 0.717) is 0 Å². The number of aromatic nitrogens is 2. The topological polar surface area (TPSA) is 367 Å². The van der Waals surface area contributed by atoms with Gasteiger partial charge in [-0.15, -0.1) is 0 Å². The quantitative estimate of drug-likeness (QED) is 0.0921. The van der Waals surface area contributed by atoms with Crippen LogP contribution in [0.25, 0.3) is 0 Å². The predicted molar refractivity (Wildman–Crippen MR) is 117 cm³/mol. The molecule has 1 fully saturated rings. The molecule has 4 unspecified atom stereocenters. The summed E-state index contributed by atoms with van der Waals surface area (Å²) in [6, 6.07) is 1.09. The zero-order chi connectivity index (χ0) is 30.0. The lowest BCUT2D eigenvalue weighted by molar-refractivity contribution is -0.136. The zero-order valence-electron chi connectivity index (χ0n) is 18.8. The lowest BCUT2D eigenvalue weighted by atomic mass is 10.0. The lowest BCUT2D eigenvalue weighted by Crippen LogP contribution is -2.46. The minimum absolute atomic E-state index is 0.0258. The number of phosphoric acid groups is 2. The van der Waals surface area contributed by atoms with Gasteiger partial charge in [0, 0.05) is 12.3 Å². The van der Waals surface area contributed by atoms with Crippen molar-refractivity contribution in [2.45, 2.75) is 49.0 Å². The Balaban J connectivity index is 0.000000576. The fourth-order valence-electron chi connectivity index (χ4n) is 2.49. The van der Waals surface area contributed by atoms with E-state index in [1.54, 1.807) is 0 Å². The van der Waals surface area contributed by atoms with Gasteiger partial charge in [-0.3, -0.25) is 14.3 Å². The van der Waals surface area contributed by atoms with E-state index in [9.17, 15) is 33.7 Å². The number of carbonyl (C=O) groups excluding carboxylic acids is 1. The molecule has 0 aromatic carbocycles. The highest BCUT2D eigenvalue weighted by Gasteiger charge is 2.43. The molecule has 21 nitrogen and oxygen atoms in total. The molecule has 0 spiro atoms. The molecule has 0 saturated carbocycles. The van der Waals surface area contributed by atoms with E-state index in [1.807, 2.05) is 4.98 Å². The Kier molecular flexibility index (Phi) is 15.0. The maximum absolute atomic E-state index is 11.4. The van der Waals surface area contributed by atoms with Gasteiger partial charge in [0.25, 0.3) is 5.56 Å². The van der Waals surface area contributed by atoms with Crippen molar-refractivity contribution in [3.63, 3.8) is 0 Å². The van der Waals surface area contributed by atoms with E-state index < -0.39 is 89.1 Å². The van der Waals surface area contributed by atoms with Gasteiger partial charge < -0.3 is 70.0 Å². The van der Waals surface area contributed by atoms with Crippen LogP contribution in [0.2, 0.25) is 0 Å². The first-order valence-corrected chi connectivity index (χ1v) is 12.9. The van der Waals surface area contributed by atoms with Crippen LogP contribution < -0.4 is 11.2 Å². The Morgan fingerprint density at radius 2 is 1.53 bits per heavy atom. The highest BCUT2D eigenvalue weighted by Crippen LogP contribution is 2.53. The third-order valence-electron chi connectivity index (χ3n) is 4.28. The number of hydrogen-bond donors (Lipinski definition) is 13. The molecule has 23 heteroatoms. The summed E-state index contributed by atoms with van der Waals surface area (Å²) >= 11 is 0. The fourth-order valence-corrected chi connectivity index (χ4v) is 3.60. The first-order chi connectivity index (χ1) is 17.3. The summed E-state index contributed by atoms with van der Waals surface area (Å²) in [7, 11) is -10.1. The number of aldehydes is 1. The largest absolute Gasteiger partial charge is 0.478 e. The summed E-state index contributed by atoms with van der Waals surface area (Å²) in [5.74, 6) is 0. The summed E-state index contributed by atoms with van der Waals surface area (Å²) in [6.45, 7) is -1.24. The van der Waals surface area contributed by atoms with Gasteiger partial charge in [-0.1, -0.05) is 0 Å². The SMILES string of the molecule is O=CC(O)C(O)C(O)C(O)CO.O=P(O)(O)OP(=O)(O)O.O=c1ccn([C@@H]2O[C@H](CO)[C@@H](O)[C@H]2O)c(=O)[nH]1. The van der Waals surface area contributed by atoms with Crippen LogP contribution in [0.3, 0.4) is 0 Å². The van der Waals surface area contributed by atoms with Crippen LogP contribution in [0, 0.1) is 0 Å². The Bertz CT molecular complexity index is 1050. The van der Waals surface area contributed by atoms with Gasteiger partial charge in [0.15, 0.2) is 12.5 Å². The van der Waals surface area contributed by atoms with Gasteiger partial charge in [0.05, 0.1) is 13.2 Å². The average Bonchev–Trinajstić information content (AvgIpc) is 3.09. The van der Waals surface area contributed by atoms with Crippen LogP contribution >= 0.6 is 15.6 Å². The molecule has 2 heterocycles. The van der Waals surface area contributed by atoms with Gasteiger partial charge in [0.2, 0.25) is 0 Å². The van der Waals surface area contributed by atoms with E-state index in [-0.39, 0.29) is 6.29 Å². The number of ether oxygens (including phenoxy) is 1. The molecule has 8 atom stereocenters. The predicted octanol–water partition coefficient (Wildman–Crippen LogP) is -7.04. The summed E-state index contributed by atoms with van der Waals surface area (Å²) in [6.07, 6.45) is -10.4. The van der Waals surface area contributed by atoms with Gasteiger partial charge in [-0.25, -0.2) is 13.9 Å². The van der Waals surface area contributed by atoms with Gasteiger partial charge in [0.1, 0.15) is 42.7 Å². The molecule has 0 bridgehead atoms. The smallest absolute Gasteiger partial charge is 0.394 e. The maximum Gasteiger partial charge on any atom is 0.478 e. The fraction of sp³-hybridized carbons (Fsp3) is 0.667. The van der Waals surface area contributed by atoms with Crippen molar-refractivity contribution in [1.82, 2.24) is 9.55 Å². The van der Waals surface area contributed by atoms with Gasteiger partial charge in [-0.2, -0.15) is 4.31 Å². The lowest BCUT2D eigenvalue weighted by Gasteiger charge is -2.22. The number of carbonyl (C=O) groups is 1. The number of aliphatic hydroxyl groups is 8. The Morgan fingerprint density at radius 3 is 1.87 bits per heavy atom. The second kappa shape index (κ2) is 15.7. The summed E-state index contributed by atoms with van der Waals surface area (Å²) in [5.41, 5.74) is -1.33. The number of nitrogens with zero attached hydrogens (tertiary/aromatic N) is 1. The summed E-state index contributed by atoms with van der Waals surface area (Å²) < 4.78 is 28.3. The summed E-state index contributed by atoms with van der Waals surface area (Å²) in [4.78, 5) is 65.2. The van der Waals surface area contributed by atoms with E-state index in [2.05, 4.69) is 4.31 Å². The Labute approximate surface area is 210 Å². The molecule has 0 amide bonds. The molecule has 1 aromatic heterocycles. The molecular formula is C15H28N2O19P2. The number of rotatable bonds is 9. The Hall–Kier alpha value is -1.75. The molecule has 2 rings (SSSR count). The molecule has 1 aromatic rings. The number of aliphatic hydroxyl groups excluding tert-OH is 8. The van der Waals surface area contributed by atoms with E-state index in [0.717, 1.165) is 16.8 Å². The summed E-state index contributed by atoms with van der Waals surface area (Å²) in [5, 5.41) is 71.6. The first-order valence-electron chi connectivity index (χ1n) is 9.84. The maximum atomic E-state index is 11.4. The molecule has 1 aliphatic heterocycles. The number of hydrogen-bond acceptors (Lipinski definition) is 15. The van der Waals surface area contributed by atoms with Crippen LogP contribution in [-0.4, -0.2) is 132 Å². The number of aromatic amines is 1. The molecule has 0 aliphatic carbocycles. The van der Waals surface area contributed by atoms with Crippen LogP contribution in [0.4, 0.5) is 0 Å². The molecule has 13 N–H and O–H groups in total. The van der Waals surface area contributed by atoms with E-state index >= 15 is 0 Å². The van der Waals surface area contributed by atoms with Crippen molar-refractivity contribution in [3.8, 4) is 0 Å². The first kappa shape index (κ1) is 36.2. The molecule has 1 saturated heterocycles. The van der Waals surface area contributed by atoms with Crippen molar-refractivity contribution in [2.24, 2.45) is 0 Å². The number of H-pyrrole nitrogens is 1. The van der Waals surface area contributed by atoms with Crippen LogP contribution in [-0.2, 0) is 23.0 Å². The van der Waals surface area contributed by atoms with Crippen LogP contribution in [0.1, 0.15) is 6.23 Å². The number of nitrogens with one attached hydrogen (secondary N) is 1. The molecule has 1 aliphatic rings. The van der Waals surface area contributed by atoms with Crippen molar-refractivity contribution >= 4 is 21.9 Å². The average molecular weight is 602 g/mol. The molecule has 0 radical (unpaired) electrons. The standard InChI is InChI=1S/C9H12N2O6.C6H12O6.H4O7P2/c12-3-4-6(14)7(15)8(17-4)11-2-1-5(13)10-9(11)16;7-1-3(9)5(11)6(12)4(10)2-8;1-8(2,3)7-9(4,5)6/h1-2,4,6-8,12,14-15H,3H2,(H,10,13,16);1,3-6,8-12H,2H2;(H2,1,2,3)(H2,4,5,6)/t4-,6-,7-,8-;;/m1../s1. The third kappa shape index (κ3) is 12.4. The zero-order valence-corrected chi connectivity index (χ0v) is 20.6. The van der Waals surface area contributed by atoms with Crippen molar-refractivity contribution in [1.29, 1.82) is 0 Å². The van der Waals surface area contributed by atoms with E-state index in [4.69, 9.17) is 54.9 Å². The van der Waals surface area contributed by atoms with E-state index in [1.165, 1.54) is 0 Å².